The average molecular weight is 575 g/mol. The van der Waals surface area contributed by atoms with Crippen LogP contribution >= 0.6 is 11.3 Å². The zero-order valence-corrected chi connectivity index (χ0v) is 22.9. The van der Waals surface area contributed by atoms with Crippen molar-refractivity contribution in [1.29, 1.82) is 0 Å². The van der Waals surface area contributed by atoms with E-state index in [-0.39, 0.29) is 10.7 Å². The summed E-state index contributed by atoms with van der Waals surface area (Å²) in [5, 5.41) is 12.6. The van der Waals surface area contributed by atoms with Crippen molar-refractivity contribution >= 4 is 29.0 Å². The van der Waals surface area contributed by atoms with Gasteiger partial charge in [-0.05, 0) is 66.6 Å². The lowest BCUT2D eigenvalue weighted by Gasteiger charge is -2.11. The molecule has 40 heavy (non-hydrogen) atoms. The van der Waals surface area contributed by atoms with Gasteiger partial charge in [0.25, 0.3) is 0 Å². The van der Waals surface area contributed by atoms with E-state index >= 15 is 0 Å². The second-order valence-corrected chi connectivity index (χ2v) is 11.7. The molecule has 2 aromatic heterocycles. The van der Waals surface area contributed by atoms with Crippen molar-refractivity contribution in [2.75, 3.05) is 0 Å². The lowest BCUT2D eigenvalue weighted by Crippen LogP contribution is -2.14. The Morgan fingerprint density at radius 2 is 1.85 bits per heavy atom. The Labute approximate surface area is 236 Å². The zero-order chi connectivity index (χ0) is 27.8. The van der Waals surface area contributed by atoms with E-state index in [2.05, 4.69) is 4.98 Å². The maximum Gasteiger partial charge on any atom is 0.211 e. The van der Waals surface area contributed by atoms with Crippen molar-refractivity contribution in [3.63, 3.8) is 0 Å². The lowest BCUT2D eigenvalue weighted by atomic mass is 9.95. The highest BCUT2D eigenvalue weighted by atomic mass is 32.2. The van der Waals surface area contributed by atoms with Crippen LogP contribution in [0.5, 0.6) is 0 Å². The molecule has 0 spiro atoms. The third-order valence-electron chi connectivity index (χ3n) is 7.00. The minimum absolute atomic E-state index is 0.0620. The van der Waals surface area contributed by atoms with Gasteiger partial charge in [0.2, 0.25) is 10.0 Å². The Morgan fingerprint density at radius 1 is 1.05 bits per heavy atom. The van der Waals surface area contributed by atoms with E-state index in [0.29, 0.717) is 51.8 Å². The van der Waals surface area contributed by atoms with Crippen LogP contribution in [0.4, 0.5) is 8.78 Å². The Bertz CT molecular complexity index is 1700. The van der Waals surface area contributed by atoms with Crippen molar-refractivity contribution in [2.24, 2.45) is 11.1 Å². The molecule has 10 heteroatoms. The van der Waals surface area contributed by atoms with Gasteiger partial charge in [0, 0.05) is 28.5 Å². The summed E-state index contributed by atoms with van der Waals surface area (Å²) in [5.41, 5.74) is 5.27. The van der Waals surface area contributed by atoms with Gasteiger partial charge >= 0.3 is 0 Å². The Balaban J connectivity index is 1.53. The molecule has 1 saturated carbocycles. The lowest BCUT2D eigenvalue weighted by molar-refractivity contribution is 0.111. The SMILES string of the molecule is N[S+]([O-])c1ccc(Cc2c(-c3ccc(F)c(-c4ccccc4)c3)nn(-c3nc(C=O)cs3)c2CC2CC2)cc1F. The fraction of sp³-hybridized carbons (Fsp3) is 0.167. The van der Waals surface area contributed by atoms with Gasteiger partial charge in [-0.3, -0.25) is 4.79 Å². The third kappa shape index (κ3) is 5.35. The number of aldehydes is 1. The predicted molar refractivity (Wildman–Crippen MR) is 152 cm³/mol. The molecule has 0 amide bonds. The summed E-state index contributed by atoms with van der Waals surface area (Å²) in [6.45, 7) is 0. The third-order valence-corrected chi connectivity index (χ3v) is 8.60. The van der Waals surface area contributed by atoms with Crippen LogP contribution in [0.2, 0.25) is 0 Å². The highest BCUT2D eigenvalue weighted by Crippen LogP contribution is 2.39. The molecule has 0 radical (unpaired) electrons. The summed E-state index contributed by atoms with van der Waals surface area (Å²) in [5.74, 6) is -0.503. The summed E-state index contributed by atoms with van der Waals surface area (Å²) < 4.78 is 43.2. The molecule has 0 saturated heterocycles. The van der Waals surface area contributed by atoms with Crippen LogP contribution in [0, 0.1) is 17.6 Å². The van der Waals surface area contributed by atoms with Gasteiger partial charge in [0.15, 0.2) is 12.1 Å². The first-order valence-electron chi connectivity index (χ1n) is 12.7. The molecular weight excluding hydrogens is 550 g/mol. The molecule has 0 bridgehead atoms. The quantitative estimate of drug-likeness (QED) is 0.165. The number of carbonyl (C=O) groups is 1. The smallest absolute Gasteiger partial charge is 0.211 e. The normalized spacial score (nSPS) is 13.9. The molecule has 6 nitrogen and oxygen atoms in total. The summed E-state index contributed by atoms with van der Waals surface area (Å²) in [6, 6.07) is 18.7. The topological polar surface area (TPSA) is 96.9 Å². The fourth-order valence-electron chi connectivity index (χ4n) is 4.83. The van der Waals surface area contributed by atoms with Crippen molar-refractivity contribution in [2.45, 2.75) is 30.6 Å². The number of carbonyl (C=O) groups excluding carboxylic acids is 1. The molecule has 202 valence electrons. The van der Waals surface area contributed by atoms with Crippen molar-refractivity contribution < 1.29 is 18.1 Å². The first-order valence-corrected chi connectivity index (χ1v) is 14.8. The molecule has 3 aromatic carbocycles. The molecule has 1 unspecified atom stereocenters. The highest BCUT2D eigenvalue weighted by Gasteiger charge is 2.29. The standard InChI is InChI=1S/C30H24F2N4O2S2/c31-25-10-9-21(15-23(25)20-4-2-1-3-5-20)29-24(12-19-8-11-28(40(33)38)26(32)13-19)27(14-18-6-7-18)36(35-29)30-34-22(16-37)17-39-30/h1-5,8-11,13,15-18H,6-7,12,14,33H2. The molecular formula is C30H24F2N4O2S2. The first kappa shape index (κ1) is 26.5. The largest absolute Gasteiger partial charge is 0.593 e. The molecule has 2 heterocycles. The number of aromatic nitrogens is 3. The van der Waals surface area contributed by atoms with E-state index in [1.165, 1.54) is 29.5 Å². The number of halogens is 2. The molecule has 0 aliphatic heterocycles. The van der Waals surface area contributed by atoms with Crippen molar-refractivity contribution in [3.8, 4) is 27.5 Å². The van der Waals surface area contributed by atoms with Gasteiger partial charge < -0.3 is 4.55 Å². The first-order chi connectivity index (χ1) is 19.4. The van der Waals surface area contributed by atoms with Gasteiger partial charge in [-0.15, -0.1) is 16.5 Å². The Hall–Kier alpha value is -3.70. The van der Waals surface area contributed by atoms with Crippen molar-refractivity contribution in [1.82, 2.24) is 14.8 Å². The second-order valence-electron chi connectivity index (χ2n) is 9.81. The van der Waals surface area contributed by atoms with Crippen LogP contribution in [0.1, 0.15) is 40.2 Å². The minimum Gasteiger partial charge on any atom is -0.593 e. The molecule has 5 aromatic rings. The number of nitrogens with two attached hydrogens (primary N) is 1. The predicted octanol–water partition coefficient (Wildman–Crippen LogP) is 6.28. The number of nitrogens with zero attached hydrogens (tertiary/aromatic N) is 3. The van der Waals surface area contributed by atoms with Gasteiger partial charge in [-0.25, -0.2) is 18.4 Å². The summed E-state index contributed by atoms with van der Waals surface area (Å²) in [4.78, 5) is 15.8. The fourth-order valence-corrected chi connectivity index (χ4v) is 6.02. The number of hydrogen-bond donors (Lipinski definition) is 1. The Morgan fingerprint density at radius 3 is 2.52 bits per heavy atom. The molecule has 1 atom stereocenters. The van der Waals surface area contributed by atoms with E-state index in [4.69, 9.17) is 10.2 Å². The minimum atomic E-state index is -1.94. The molecule has 1 aliphatic carbocycles. The number of rotatable bonds is 9. The second kappa shape index (κ2) is 11.1. The van der Waals surface area contributed by atoms with Crippen LogP contribution in [0.15, 0.2) is 77.0 Å². The van der Waals surface area contributed by atoms with Gasteiger partial charge in [0.1, 0.15) is 11.5 Å². The Kier molecular flexibility index (Phi) is 7.33. The van der Waals surface area contributed by atoms with E-state index in [9.17, 15) is 18.1 Å². The molecule has 6 rings (SSSR count). The van der Waals surface area contributed by atoms with Crippen LogP contribution in [-0.4, -0.2) is 25.6 Å². The highest BCUT2D eigenvalue weighted by molar-refractivity contribution is 7.89. The zero-order valence-electron chi connectivity index (χ0n) is 21.2. The molecule has 1 aliphatic rings. The number of thiazole rings is 1. The van der Waals surface area contributed by atoms with Crippen LogP contribution < -0.4 is 5.14 Å². The van der Waals surface area contributed by atoms with Gasteiger partial charge in [0.05, 0.1) is 22.7 Å². The summed E-state index contributed by atoms with van der Waals surface area (Å²) in [6.07, 6.45) is 3.95. The molecule has 2 N–H and O–H groups in total. The van der Waals surface area contributed by atoms with Crippen LogP contribution in [-0.2, 0) is 24.2 Å². The maximum absolute atomic E-state index is 15.0. The van der Waals surface area contributed by atoms with Crippen molar-refractivity contribution in [3.05, 3.63) is 106 Å². The van der Waals surface area contributed by atoms with E-state index in [1.54, 1.807) is 28.3 Å². The monoisotopic (exact) mass is 574 g/mol. The van der Waals surface area contributed by atoms with Gasteiger partial charge in [-0.1, -0.05) is 36.4 Å². The number of benzene rings is 3. The summed E-state index contributed by atoms with van der Waals surface area (Å²) in [7, 11) is 0. The number of hydrogen-bond acceptors (Lipinski definition) is 6. The summed E-state index contributed by atoms with van der Waals surface area (Å²) >= 11 is -0.625. The molecule has 1 fully saturated rings. The van der Waals surface area contributed by atoms with E-state index < -0.39 is 17.2 Å². The van der Waals surface area contributed by atoms with Crippen LogP contribution in [0.25, 0.3) is 27.5 Å². The van der Waals surface area contributed by atoms with E-state index in [1.807, 2.05) is 30.3 Å². The maximum atomic E-state index is 15.0. The van der Waals surface area contributed by atoms with Gasteiger partial charge in [-0.2, -0.15) is 5.10 Å². The van der Waals surface area contributed by atoms with E-state index in [0.717, 1.165) is 36.1 Å². The van der Waals surface area contributed by atoms with Crippen LogP contribution in [0.3, 0.4) is 0 Å². The average Bonchev–Trinajstić information content (AvgIpc) is 3.53.